The fourth-order valence-corrected chi connectivity index (χ4v) is 2.51. The number of carbonyl (C=O) groups excluding carboxylic acids is 2. The van der Waals surface area contributed by atoms with Crippen molar-refractivity contribution >= 4 is 11.9 Å². The highest BCUT2D eigenvalue weighted by atomic mass is 19.3. The molecule has 2 aliphatic carbocycles. The van der Waals surface area contributed by atoms with Gasteiger partial charge in [-0.25, -0.2) is 8.78 Å². The fraction of sp³-hybridized carbons (Fsp3) is 0.846. The van der Waals surface area contributed by atoms with E-state index in [0.29, 0.717) is 0 Å². The molecule has 0 aromatic rings. The maximum atomic E-state index is 13.2. The summed E-state index contributed by atoms with van der Waals surface area (Å²) in [7, 11) is 0. The zero-order chi connectivity index (χ0) is 14.0. The van der Waals surface area contributed by atoms with Crippen LogP contribution in [0.25, 0.3) is 0 Å². The first kappa shape index (κ1) is 14.2. The van der Waals surface area contributed by atoms with Gasteiger partial charge < -0.3 is 9.64 Å². The number of ether oxygens (including phenoxy) is 1. The van der Waals surface area contributed by atoms with Gasteiger partial charge in [-0.3, -0.25) is 9.59 Å². The molecule has 1 amide bonds. The van der Waals surface area contributed by atoms with Crippen molar-refractivity contribution in [2.24, 2.45) is 5.92 Å². The highest BCUT2D eigenvalue weighted by Gasteiger charge is 2.46. The second-order valence-electron chi connectivity index (χ2n) is 5.30. The molecule has 0 spiro atoms. The minimum Gasteiger partial charge on any atom is -0.465 e. The molecule has 0 bridgehead atoms. The summed E-state index contributed by atoms with van der Waals surface area (Å²) in [4.78, 5) is 25.1. The van der Waals surface area contributed by atoms with Crippen molar-refractivity contribution in [1.29, 1.82) is 0 Å². The van der Waals surface area contributed by atoms with Gasteiger partial charge >= 0.3 is 5.97 Å². The average Bonchev–Trinajstić information content (AvgIpc) is 3.10. The van der Waals surface area contributed by atoms with E-state index in [1.807, 2.05) is 0 Å². The average molecular weight is 275 g/mol. The maximum absolute atomic E-state index is 13.2. The first-order chi connectivity index (χ1) is 8.93. The summed E-state index contributed by atoms with van der Waals surface area (Å²) in [5.74, 6) is -4.16. The van der Waals surface area contributed by atoms with Crippen molar-refractivity contribution in [2.75, 3.05) is 13.2 Å². The van der Waals surface area contributed by atoms with Crippen LogP contribution in [-0.2, 0) is 14.3 Å². The predicted octanol–water partition coefficient (Wildman–Crippen LogP) is 1.98. The Hall–Kier alpha value is -1.20. The molecular formula is C13H19F2NO3. The maximum Gasteiger partial charge on any atom is 0.325 e. The van der Waals surface area contributed by atoms with Crippen molar-refractivity contribution in [3.63, 3.8) is 0 Å². The molecule has 108 valence electrons. The summed E-state index contributed by atoms with van der Waals surface area (Å²) < 4.78 is 31.1. The van der Waals surface area contributed by atoms with E-state index in [9.17, 15) is 18.4 Å². The van der Waals surface area contributed by atoms with Crippen LogP contribution in [0.1, 0.15) is 39.0 Å². The van der Waals surface area contributed by atoms with Crippen LogP contribution in [0.5, 0.6) is 0 Å². The van der Waals surface area contributed by atoms with Gasteiger partial charge in [-0.2, -0.15) is 0 Å². The standard InChI is InChI=1S/C13H19F2NO3/c1-2-19-11(17)8-16(10-3-4-10)12(18)9-5-6-13(14,15)7-9/h9-10H,2-8H2,1H3. The van der Waals surface area contributed by atoms with E-state index in [1.54, 1.807) is 6.92 Å². The van der Waals surface area contributed by atoms with E-state index >= 15 is 0 Å². The summed E-state index contributed by atoms with van der Waals surface area (Å²) in [5.41, 5.74) is 0. The smallest absolute Gasteiger partial charge is 0.325 e. The van der Waals surface area contributed by atoms with Crippen LogP contribution >= 0.6 is 0 Å². The van der Waals surface area contributed by atoms with Crippen LogP contribution in [-0.4, -0.2) is 41.9 Å². The summed E-state index contributed by atoms with van der Waals surface area (Å²) >= 11 is 0. The first-order valence-corrected chi connectivity index (χ1v) is 6.77. The van der Waals surface area contributed by atoms with Gasteiger partial charge in [0.25, 0.3) is 0 Å². The first-order valence-electron chi connectivity index (χ1n) is 6.77. The molecule has 0 saturated heterocycles. The number of esters is 1. The molecule has 6 heteroatoms. The molecule has 2 saturated carbocycles. The molecule has 0 aromatic carbocycles. The Morgan fingerprint density at radius 3 is 2.47 bits per heavy atom. The molecule has 2 aliphatic rings. The van der Waals surface area contributed by atoms with Gasteiger partial charge in [0, 0.05) is 24.8 Å². The lowest BCUT2D eigenvalue weighted by Gasteiger charge is -2.24. The molecule has 0 aliphatic heterocycles. The van der Waals surface area contributed by atoms with Crippen LogP contribution in [0.15, 0.2) is 0 Å². The van der Waals surface area contributed by atoms with Gasteiger partial charge in [0.15, 0.2) is 0 Å². The van der Waals surface area contributed by atoms with Crippen LogP contribution in [0.4, 0.5) is 8.78 Å². The van der Waals surface area contributed by atoms with Crippen LogP contribution in [0.2, 0.25) is 0 Å². The molecule has 0 aromatic heterocycles. The van der Waals surface area contributed by atoms with E-state index in [-0.39, 0.29) is 37.9 Å². The highest BCUT2D eigenvalue weighted by Crippen LogP contribution is 2.41. The van der Waals surface area contributed by atoms with Gasteiger partial charge in [0.05, 0.1) is 6.61 Å². The van der Waals surface area contributed by atoms with Gasteiger partial charge in [0.1, 0.15) is 6.54 Å². The Morgan fingerprint density at radius 1 is 1.32 bits per heavy atom. The van der Waals surface area contributed by atoms with Crippen molar-refractivity contribution in [1.82, 2.24) is 4.90 Å². The summed E-state index contributed by atoms with van der Waals surface area (Å²) in [5, 5.41) is 0. The van der Waals surface area contributed by atoms with Crippen molar-refractivity contribution in [3.8, 4) is 0 Å². The Bertz CT molecular complexity index is 369. The lowest BCUT2D eigenvalue weighted by Crippen LogP contribution is -2.41. The Morgan fingerprint density at radius 2 is 2.00 bits per heavy atom. The third kappa shape index (κ3) is 3.64. The lowest BCUT2D eigenvalue weighted by molar-refractivity contribution is -0.151. The number of halogens is 2. The zero-order valence-corrected chi connectivity index (χ0v) is 11.0. The molecule has 2 fully saturated rings. The summed E-state index contributed by atoms with van der Waals surface area (Å²) in [6.07, 6.45) is 1.26. The van der Waals surface area contributed by atoms with Gasteiger partial charge in [-0.05, 0) is 26.2 Å². The molecule has 1 unspecified atom stereocenters. The van der Waals surface area contributed by atoms with Crippen molar-refractivity contribution in [3.05, 3.63) is 0 Å². The fourth-order valence-electron chi connectivity index (χ4n) is 2.51. The highest BCUT2D eigenvalue weighted by molar-refractivity contribution is 5.84. The minimum absolute atomic E-state index is 0.0335. The van der Waals surface area contributed by atoms with E-state index < -0.39 is 24.2 Å². The van der Waals surface area contributed by atoms with Crippen LogP contribution in [0.3, 0.4) is 0 Å². The van der Waals surface area contributed by atoms with Crippen LogP contribution in [0, 0.1) is 5.92 Å². The predicted molar refractivity (Wildman–Crippen MR) is 63.7 cm³/mol. The Kier molecular flexibility index (Phi) is 4.06. The third-order valence-electron chi connectivity index (χ3n) is 3.63. The van der Waals surface area contributed by atoms with Crippen LogP contribution < -0.4 is 0 Å². The third-order valence-corrected chi connectivity index (χ3v) is 3.63. The molecule has 4 nitrogen and oxygen atoms in total. The van der Waals surface area contributed by atoms with Gasteiger partial charge in [-0.1, -0.05) is 0 Å². The molecule has 1 atom stereocenters. The second-order valence-corrected chi connectivity index (χ2v) is 5.30. The SMILES string of the molecule is CCOC(=O)CN(C(=O)C1CCC(F)(F)C1)C1CC1. The molecule has 19 heavy (non-hydrogen) atoms. The van der Waals surface area contributed by atoms with E-state index in [0.717, 1.165) is 12.8 Å². The number of amides is 1. The Labute approximate surface area is 111 Å². The van der Waals surface area contributed by atoms with Gasteiger partial charge in [0.2, 0.25) is 11.8 Å². The topological polar surface area (TPSA) is 46.6 Å². The largest absolute Gasteiger partial charge is 0.465 e. The molecule has 0 radical (unpaired) electrons. The number of hydrogen-bond acceptors (Lipinski definition) is 3. The normalized spacial score (nSPS) is 25.1. The molecule has 0 N–H and O–H groups in total. The summed E-state index contributed by atoms with van der Waals surface area (Å²) in [6, 6.07) is 0.0335. The van der Waals surface area contributed by atoms with Crippen molar-refractivity contribution < 1.29 is 23.1 Å². The number of alkyl halides is 2. The monoisotopic (exact) mass is 275 g/mol. The Balaban J connectivity index is 1.95. The zero-order valence-electron chi connectivity index (χ0n) is 11.0. The van der Waals surface area contributed by atoms with E-state index in [2.05, 4.69) is 0 Å². The van der Waals surface area contributed by atoms with Gasteiger partial charge in [-0.15, -0.1) is 0 Å². The molecular weight excluding hydrogens is 256 g/mol. The number of hydrogen-bond donors (Lipinski definition) is 0. The number of carbonyl (C=O) groups is 2. The molecule has 0 heterocycles. The number of rotatable bonds is 5. The second kappa shape index (κ2) is 5.43. The quantitative estimate of drug-likeness (QED) is 0.721. The lowest BCUT2D eigenvalue weighted by atomic mass is 10.1. The number of nitrogens with zero attached hydrogens (tertiary/aromatic N) is 1. The molecule has 2 rings (SSSR count). The minimum atomic E-state index is -2.74. The van der Waals surface area contributed by atoms with E-state index in [4.69, 9.17) is 4.74 Å². The summed E-state index contributed by atoms with van der Waals surface area (Å²) in [6.45, 7) is 1.84. The van der Waals surface area contributed by atoms with Crippen molar-refractivity contribution in [2.45, 2.75) is 51.0 Å². The van der Waals surface area contributed by atoms with E-state index in [1.165, 1.54) is 4.90 Å².